The number of rotatable bonds is 8. The standard InChI is InChI=1S/C20H35N3O2/c1-4-7-20(24)23(17-19-8-6-11-22(19)5-2)16-18-9-12-21(13-10-18)14-15-25-3/h18-19H,5-6,8-17H2,1-3H3. The summed E-state index contributed by atoms with van der Waals surface area (Å²) >= 11 is 0. The first-order chi connectivity index (χ1) is 12.2. The molecule has 0 aromatic rings. The van der Waals surface area contributed by atoms with Crippen molar-refractivity contribution < 1.29 is 9.53 Å². The summed E-state index contributed by atoms with van der Waals surface area (Å²) in [5.41, 5.74) is 0. The number of hydrogen-bond acceptors (Lipinski definition) is 4. The molecule has 2 heterocycles. The van der Waals surface area contributed by atoms with Crippen molar-refractivity contribution in [3.05, 3.63) is 0 Å². The van der Waals surface area contributed by atoms with E-state index in [-0.39, 0.29) is 5.91 Å². The minimum atomic E-state index is 0.00673. The van der Waals surface area contributed by atoms with Crippen LogP contribution >= 0.6 is 0 Å². The molecule has 0 bridgehead atoms. The van der Waals surface area contributed by atoms with E-state index < -0.39 is 0 Å². The van der Waals surface area contributed by atoms with Gasteiger partial charge in [0.05, 0.1) is 6.61 Å². The molecule has 142 valence electrons. The van der Waals surface area contributed by atoms with Gasteiger partial charge in [-0.05, 0) is 70.6 Å². The molecular weight excluding hydrogens is 314 g/mol. The highest BCUT2D eigenvalue weighted by Gasteiger charge is 2.29. The van der Waals surface area contributed by atoms with Crippen LogP contribution in [0.2, 0.25) is 0 Å². The number of hydrogen-bond donors (Lipinski definition) is 0. The number of carbonyl (C=O) groups excluding carboxylic acids is 1. The average Bonchev–Trinajstić information content (AvgIpc) is 3.08. The van der Waals surface area contributed by atoms with Gasteiger partial charge in [0.1, 0.15) is 0 Å². The zero-order chi connectivity index (χ0) is 18.1. The summed E-state index contributed by atoms with van der Waals surface area (Å²) in [6.45, 7) is 11.9. The van der Waals surface area contributed by atoms with E-state index in [1.165, 1.54) is 19.4 Å². The van der Waals surface area contributed by atoms with E-state index in [9.17, 15) is 4.79 Å². The van der Waals surface area contributed by atoms with Crippen molar-refractivity contribution in [2.45, 2.75) is 45.6 Å². The van der Waals surface area contributed by atoms with Gasteiger partial charge in [0.15, 0.2) is 0 Å². The van der Waals surface area contributed by atoms with Crippen molar-refractivity contribution in [3.63, 3.8) is 0 Å². The van der Waals surface area contributed by atoms with Gasteiger partial charge in [-0.3, -0.25) is 9.69 Å². The summed E-state index contributed by atoms with van der Waals surface area (Å²) in [6, 6.07) is 0.509. The average molecular weight is 350 g/mol. The number of likely N-dealkylation sites (N-methyl/N-ethyl adjacent to an activating group) is 1. The first kappa shape index (κ1) is 20.2. The van der Waals surface area contributed by atoms with Crippen molar-refractivity contribution in [1.29, 1.82) is 0 Å². The topological polar surface area (TPSA) is 36.0 Å². The lowest BCUT2D eigenvalue weighted by Crippen LogP contribution is -2.46. The monoisotopic (exact) mass is 349 g/mol. The number of nitrogens with zero attached hydrogens (tertiary/aromatic N) is 3. The van der Waals surface area contributed by atoms with Crippen LogP contribution in [-0.2, 0) is 9.53 Å². The summed E-state index contributed by atoms with van der Waals surface area (Å²) in [7, 11) is 1.76. The van der Waals surface area contributed by atoms with Crippen LogP contribution in [0.1, 0.15) is 39.5 Å². The smallest absolute Gasteiger partial charge is 0.298 e. The first-order valence-electron chi connectivity index (χ1n) is 9.84. The molecule has 2 rings (SSSR count). The van der Waals surface area contributed by atoms with E-state index in [0.717, 1.165) is 58.7 Å². The van der Waals surface area contributed by atoms with E-state index in [4.69, 9.17) is 4.74 Å². The van der Waals surface area contributed by atoms with Crippen LogP contribution in [0, 0.1) is 17.8 Å². The third kappa shape index (κ3) is 6.29. The maximum atomic E-state index is 12.5. The Morgan fingerprint density at radius 3 is 2.60 bits per heavy atom. The Kier molecular flexibility index (Phi) is 8.74. The quantitative estimate of drug-likeness (QED) is 0.625. The first-order valence-corrected chi connectivity index (χ1v) is 9.84. The molecule has 1 atom stereocenters. The highest BCUT2D eigenvalue weighted by molar-refractivity contribution is 5.93. The van der Waals surface area contributed by atoms with Gasteiger partial charge in [0, 0.05) is 32.8 Å². The van der Waals surface area contributed by atoms with Crippen LogP contribution in [0.3, 0.4) is 0 Å². The number of methoxy groups -OCH3 is 1. The van der Waals surface area contributed by atoms with E-state index >= 15 is 0 Å². The highest BCUT2D eigenvalue weighted by Crippen LogP contribution is 2.21. The van der Waals surface area contributed by atoms with Gasteiger partial charge in [-0.15, -0.1) is 0 Å². The normalized spacial score (nSPS) is 22.6. The lowest BCUT2D eigenvalue weighted by Gasteiger charge is -2.36. The Balaban J connectivity index is 1.88. The van der Waals surface area contributed by atoms with Crippen molar-refractivity contribution >= 4 is 5.91 Å². The molecule has 5 heteroatoms. The molecular formula is C20H35N3O2. The fourth-order valence-electron chi connectivity index (χ4n) is 4.12. The molecule has 0 aliphatic carbocycles. The second-order valence-corrected chi connectivity index (χ2v) is 7.29. The number of likely N-dealkylation sites (tertiary alicyclic amines) is 2. The van der Waals surface area contributed by atoms with E-state index in [1.54, 1.807) is 14.0 Å². The minimum Gasteiger partial charge on any atom is -0.383 e. The molecule has 2 fully saturated rings. The zero-order valence-electron chi connectivity index (χ0n) is 16.3. The highest BCUT2D eigenvalue weighted by atomic mass is 16.5. The van der Waals surface area contributed by atoms with Gasteiger partial charge in [-0.2, -0.15) is 0 Å². The summed E-state index contributed by atoms with van der Waals surface area (Å²) in [6.07, 6.45) is 4.77. The van der Waals surface area contributed by atoms with Gasteiger partial charge in [0.2, 0.25) is 0 Å². The van der Waals surface area contributed by atoms with Crippen molar-refractivity contribution in [2.24, 2.45) is 5.92 Å². The predicted octanol–water partition coefficient (Wildman–Crippen LogP) is 1.68. The molecule has 0 aromatic carbocycles. The fraction of sp³-hybridized carbons (Fsp3) is 0.850. The minimum absolute atomic E-state index is 0.00673. The van der Waals surface area contributed by atoms with Crippen molar-refractivity contribution in [3.8, 4) is 11.8 Å². The number of amides is 1. The third-order valence-electron chi connectivity index (χ3n) is 5.65. The molecule has 5 nitrogen and oxygen atoms in total. The third-order valence-corrected chi connectivity index (χ3v) is 5.65. The Morgan fingerprint density at radius 1 is 1.20 bits per heavy atom. The van der Waals surface area contributed by atoms with E-state index in [2.05, 4.69) is 28.6 Å². The van der Waals surface area contributed by atoms with E-state index in [0.29, 0.717) is 12.0 Å². The summed E-state index contributed by atoms with van der Waals surface area (Å²) in [5.74, 6) is 6.16. The summed E-state index contributed by atoms with van der Waals surface area (Å²) in [5, 5.41) is 0. The van der Waals surface area contributed by atoms with Crippen LogP contribution in [0.15, 0.2) is 0 Å². The SMILES string of the molecule is CC#CC(=O)N(CC1CCN(CCOC)CC1)CC1CCCN1CC. The lowest BCUT2D eigenvalue weighted by molar-refractivity contribution is -0.126. The zero-order valence-corrected chi connectivity index (χ0v) is 16.3. The Morgan fingerprint density at radius 2 is 1.96 bits per heavy atom. The molecule has 0 N–H and O–H groups in total. The van der Waals surface area contributed by atoms with Crippen LogP contribution in [0.5, 0.6) is 0 Å². The Hall–Kier alpha value is -1.09. The molecule has 25 heavy (non-hydrogen) atoms. The van der Waals surface area contributed by atoms with Crippen molar-refractivity contribution in [2.75, 3.05) is 59.5 Å². The molecule has 0 spiro atoms. The van der Waals surface area contributed by atoms with Gasteiger partial charge in [0.25, 0.3) is 5.91 Å². The predicted molar refractivity (Wildman–Crippen MR) is 101 cm³/mol. The Bertz CT molecular complexity index is 463. The second-order valence-electron chi connectivity index (χ2n) is 7.29. The maximum Gasteiger partial charge on any atom is 0.298 e. The molecule has 2 saturated heterocycles. The number of ether oxygens (including phenoxy) is 1. The molecule has 0 aromatic heterocycles. The molecule has 1 unspecified atom stereocenters. The van der Waals surface area contributed by atoms with Crippen LogP contribution in [0.4, 0.5) is 0 Å². The van der Waals surface area contributed by atoms with Gasteiger partial charge in [-0.1, -0.05) is 12.8 Å². The van der Waals surface area contributed by atoms with Crippen LogP contribution < -0.4 is 0 Å². The van der Waals surface area contributed by atoms with E-state index in [1.807, 2.05) is 4.90 Å². The van der Waals surface area contributed by atoms with Crippen LogP contribution in [0.25, 0.3) is 0 Å². The lowest BCUT2D eigenvalue weighted by atomic mass is 9.96. The van der Waals surface area contributed by atoms with Gasteiger partial charge in [-0.25, -0.2) is 0 Å². The number of carbonyl (C=O) groups is 1. The number of piperidine rings is 1. The molecule has 2 aliphatic rings. The molecule has 0 radical (unpaired) electrons. The summed E-state index contributed by atoms with van der Waals surface area (Å²) in [4.78, 5) is 19.5. The maximum absolute atomic E-state index is 12.5. The van der Waals surface area contributed by atoms with Gasteiger partial charge < -0.3 is 14.5 Å². The fourth-order valence-corrected chi connectivity index (χ4v) is 4.12. The molecule has 1 amide bonds. The second kappa shape index (κ2) is 10.8. The molecule has 0 saturated carbocycles. The van der Waals surface area contributed by atoms with Crippen molar-refractivity contribution in [1.82, 2.24) is 14.7 Å². The van der Waals surface area contributed by atoms with Crippen LogP contribution in [-0.4, -0.2) is 86.2 Å². The Labute approximate surface area is 153 Å². The largest absolute Gasteiger partial charge is 0.383 e. The molecule has 2 aliphatic heterocycles. The summed E-state index contributed by atoms with van der Waals surface area (Å²) < 4.78 is 5.17. The van der Waals surface area contributed by atoms with Gasteiger partial charge >= 0.3 is 0 Å².